The average molecular weight is 374 g/mol. The minimum absolute atomic E-state index is 0.0512. The van der Waals surface area contributed by atoms with Gasteiger partial charge in [0.15, 0.2) is 4.34 Å². The van der Waals surface area contributed by atoms with Gasteiger partial charge in [0.2, 0.25) is 11.8 Å². The van der Waals surface area contributed by atoms with E-state index < -0.39 is 0 Å². The van der Waals surface area contributed by atoms with Crippen molar-refractivity contribution in [3.63, 3.8) is 0 Å². The molecule has 7 heteroatoms. The summed E-state index contributed by atoms with van der Waals surface area (Å²) in [5.74, 6) is 0.134. The molecule has 1 saturated heterocycles. The summed E-state index contributed by atoms with van der Waals surface area (Å²) in [5.41, 5.74) is 1.47. The fourth-order valence-electron chi connectivity index (χ4n) is 3.67. The zero-order chi connectivity index (χ0) is 17.6. The zero-order valence-electron chi connectivity index (χ0n) is 13.9. The van der Waals surface area contributed by atoms with Crippen LogP contribution in [0.1, 0.15) is 32.6 Å². The Kier molecular flexibility index (Phi) is 4.37. The van der Waals surface area contributed by atoms with Gasteiger partial charge in [-0.05, 0) is 38.0 Å². The number of amides is 2. The molecule has 1 aliphatic carbocycles. The Hall–Kier alpha value is -1.73. The third kappa shape index (κ3) is 3.00. The van der Waals surface area contributed by atoms with Crippen LogP contribution in [0.3, 0.4) is 0 Å². The Morgan fingerprint density at radius 1 is 1.24 bits per heavy atom. The van der Waals surface area contributed by atoms with Gasteiger partial charge >= 0.3 is 0 Å². The fraction of sp³-hybridized carbons (Fsp3) is 0.444. The summed E-state index contributed by atoms with van der Waals surface area (Å²) in [7, 11) is 0. The maximum Gasteiger partial charge on any atom is 0.237 e. The Morgan fingerprint density at radius 3 is 2.56 bits per heavy atom. The number of rotatable bonds is 4. The highest BCUT2D eigenvalue weighted by Crippen LogP contribution is 2.41. The number of carbonyl (C=O) groups is 3. The lowest BCUT2D eigenvalue weighted by Crippen LogP contribution is -2.30. The standard InChI is InChI=1S/C18H18N2O3S2/c1-10(21)9-24-18-19-14-7-6-11(8-15(14)25-18)20-16(22)12-4-2-3-5-13(12)17(20)23/h6-8,12-13H,2-5,9H2,1H3/t12-,13+. The maximum atomic E-state index is 12.7. The Balaban J connectivity index is 1.64. The zero-order valence-corrected chi connectivity index (χ0v) is 15.5. The van der Waals surface area contributed by atoms with E-state index in [9.17, 15) is 14.4 Å². The lowest BCUT2D eigenvalue weighted by Gasteiger charge is -2.19. The van der Waals surface area contributed by atoms with Gasteiger partial charge in [0.1, 0.15) is 5.78 Å². The van der Waals surface area contributed by atoms with Crippen molar-refractivity contribution in [1.29, 1.82) is 0 Å². The van der Waals surface area contributed by atoms with Gasteiger partial charge in [0, 0.05) is 0 Å². The molecule has 0 spiro atoms. The Bertz CT molecular complexity index is 852. The van der Waals surface area contributed by atoms with Gasteiger partial charge in [-0.15, -0.1) is 11.3 Å². The molecule has 0 radical (unpaired) electrons. The van der Waals surface area contributed by atoms with Gasteiger partial charge in [-0.25, -0.2) is 4.98 Å². The van der Waals surface area contributed by atoms with Gasteiger partial charge in [0.05, 0.1) is 33.5 Å². The molecule has 130 valence electrons. The van der Waals surface area contributed by atoms with E-state index in [4.69, 9.17) is 0 Å². The molecule has 0 N–H and O–H groups in total. The van der Waals surface area contributed by atoms with Crippen LogP contribution in [0.25, 0.3) is 10.2 Å². The second-order valence-electron chi connectivity index (χ2n) is 6.63. The Morgan fingerprint density at radius 2 is 1.92 bits per heavy atom. The van der Waals surface area contributed by atoms with E-state index in [0.717, 1.165) is 40.2 Å². The summed E-state index contributed by atoms with van der Waals surface area (Å²) in [6.07, 6.45) is 3.69. The number of Topliss-reactive ketones (excluding diaryl/α,β-unsaturated/α-hetero) is 1. The van der Waals surface area contributed by atoms with E-state index in [0.29, 0.717) is 11.4 Å². The predicted octanol–water partition coefficient (Wildman–Crippen LogP) is 3.66. The molecule has 2 fully saturated rings. The number of fused-ring (bicyclic) bond motifs is 2. The van der Waals surface area contributed by atoms with Gasteiger partial charge in [0.25, 0.3) is 0 Å². The van der Waals surface area contributed by atoms with E-state index >= 15 is 0 Å². The van der Waals surface area contributed by atoms with Gasteiger partial charge in [-0.2, -0.15) is 0 Å². The number of aromatic nitrogens is 1. The molecular weight excluding hydrogens is 356 g/mol. The van der Waals surface area contributed by atoms with Crippen molar-refractivity contribution in [3.8, 4) is 0 Å². The molecule has 2 amide bonds. The van der Waals surface area contributed by atoms with Crippen molar-refractivity contribution in [1.82, 2.24) is 4.98 Å². The highest BCUT2D eigenvalue weighted by Gasteiger charge is 2.48. The quantitative estimate of drug-likeness (QED) is 0.603. The lowest BCUT2D eigenvalue weighted by atomic mass is 9.81. The number of imide groups is 1. The van der Waals surface area contributed by atoms with E-state index in [-0.39, 0.29) is 29.4 Å². The third-order valence-electron chi connectivity index (χ3n) is 4.85. The maximum absolute atomic E-state index is 12.7. The van der Waals surface area contributed by atoms with Crippen LogP contribution in [0.5, 0.6) is 0 Å². The smallest absolute Gasteiger partial charge is 0.237 e. The number of nitrogens with zero attached hydrogens (tertiary/aromatic N) is 2. The van der Waals surface area contributed by atoms with Gasteiger partial charge in [-0.3, -0.25) is 19.3 Å². The topological polar surface area (TPSA) is 67.3 Å². The molecule has 25 heavy (non-hydrogen) atoms. The summed E-state index contributed by atoms with van der Waals surface area (Å²) < 4.78 is 1.76. The second-order valence-corrected chi connectivity index (χ2v) is 8.88. The number of ketones is 1. The first-order chi connectivity index (χ1) is 12.0. The molecule has 1 aromatic carbocycles. The molecule has 5 nitrogen and oxygen atoms in total. The van der Waals surface area contributed by atoms with Crippen molar-refractivity contribution in [3.05, 3.63) is 18.2 Å². The van der Waals surface area contributed by atoms with Crippen molar-refractivity contribution in [2.24, 2.45) is 11.8 Å². The first-order valence-corrected chi connectivity index (χ1v) is 10.3. The summed E-state index contributed by atoms with van der Waals surface area (Å²) in [5, 5.41) is 0. The van der Waals surface area contributed by atoms with Crippen molar-refractivity contribution < 1.29 is 14.4 Å². The largest absolute Gasteiger partial charge is 0.299 e. The number of hydrogen-bond acceptors (Lipinski definition) is 6. The number of hydrogen-bond donors (Lipinski definition) is 0. The molecule has 1 saturated carbocycles. The summed E-state index contributed by atoms with van der Waals surface area (Å²) in [4.78, 5) is 42.5. The first kappa shape index (κ1) is 16.7. The van der Waals surface area contributed by atoms with Crippen molar-refractivity contribution in [2.75, 3.05) is 10.7 Å². The second kappa shape index (κ2) is 6.53. The number of benzene rings is 1. The Labute approximate surface area is 153 Å². The molecule has 1 aliphatic heterocycles. The van der Waals surface area contributed by atoms with Crippen LogP contribution in [0, 0.1) is 11.8 Å². The fourth-order valence-corrected chi connectivity index (χ4v) is 5.57. The normalized spacial score (nSPS) is 23.3. The monoisotopic (exact) mass is 374 g/mol. The number of thioether (sulfide) groups is 1. The summed E-state index contributed by atoms with van der Waals surface area (Å²) in [6.45, 7) is 1.56. The highest BCUT2D eigenvalue weighted by atomic mass is 32.2. The van der Waals surface area contributed by atoms with E-state index in [1.165, 1.54) is 28.0 Å². The van der Waals surface area contributed by atoms with Crippen molar-refractivity contribution >= 4 is 56.6 Å². The SMILES string of the molecule is CC(=O)CSc1nc2ccc(N3C(=O)[C@H]4CCCC[C@H]4C3=O)cc2s1. The van der Waals surface area contributed by atoms with Crippen LogP contribution in [0.4, 0.5) is 5.69 Å². The van der Waals surface area contributed by atoms with Crippen molar-refractivity contribution in [2.45, 2.75) is 36.9 Å². The summed E-state index contributed by atoms with van der Waals surface area (Å²) >= 11 is 2.91. The van der Waals surface area contributed by atoms with Crippen LogP contribution in [-0.4, -0.2) is 28.3 Å². The molecule has 2 heterocycles. The third-order valence-corrected chi connectivity index (χ3v) is 7.16. The van der Waals surface area contributed by atoms with Gasteiger partial charge < -0.3 is 0 Å². The molecule has 0 unspecified atom stereocenters. The minimum atomic E-state index is -0.139. The molecule has 1 aromatic heterocycles. The number of thiazole rings is 1. The van der Waals surface area contributed by atoms with Gasteiger partial charge in [-0.1, -0.05) is 24.6 Å². The van der Waals surface area contributed by atoms with Crippen LogP contribution in [0.15, 0.2) is 22.5 Å². The highest BCUT2D eigenvalue weighted by molar-refractivity contribution is 8.01. The molecule has 2 aliphatic rings. The molecule has 0 bridgehead atoms. The molecule has 2 aromatic rings. The number of anilines is 1. The van der Waals surface area contributed by atoms with E-state index in [2.05, 4.69) is 4.98 Å². The van der Waals surface area contributed by atoms with Crippen LogP contribution >= 0.6 is 23.1 Å². The first-order valence-electron chi connectivity index (χ1n) is 8.45. The molecule has 4 rings (SSSR count). The molecule has 2 atom stereocenters. The average Bonchev–Trinajstić information content (AvgIpc) is 3.12. The van der Waals surface area contributed by atoms with Crippen LogP contribution < -0.4 is 4.90 Å². The summed E-state index contributed by atoms with van der Waals surface area (Å²) in [6, 6.07) is 5.52. The lowest BCUT2D eigenvalue weighted by molar-refractivity contribution is -0.122. The minimum Gasteiger partial charge on any atom is -0.299 e. The number of carbonyl (C=O) groups excluding carboxylic acids is 3. The molecular formula is C18H18N2O3S2. The predicted molar refractivity (Wildman–Crippen MR) is 99.0 cm³/mol. The van der Waals surface area contributed by atoms with Crippen LogP contribution in [-0.2, 0) is 14.4 Å². The van der Waals surface area contributed by atoms with E-state index in [1.807, 2.05) is 12.1 Å². The van der Waals surface area contributed by atoms with E-state index in [1.54, 1.807) is 13.0 Å². The van der Waals surface area contributed by atoms with Crippen LogP contribution in [0.2, 0.25) is 0 Å².